The van der Waals surface area contributed by atoms with Crippen LogP contribution < -0.4 is 4.74 Å². The first-order valence-electron chi connectivity index (χ1n) is 9.52. The standard InChI is InChI=1S/C23H17F2N3O2/c24-18-3-1-16(20(25)11-18)13-28-7-8-30-21-10-14(2-4-19(21)23(28)29)17-9-15-5-6-26-22(15)27-12-17/h1-6,9-12H,7-8,13H2,(H,26,27). The molecule has 5 nitrogen and oxygen atoms in total. The SMILES string of the molecule is O=C1c2ccc(-c3cnc4[nH]ccc4c3)cc2OCCN1Cc1ccc(F)cc1F. The van der Waals surface area contributed by atoms with Gasteiger partial charge in [0.15, 0.2) is 0 Å². The summed E-state index contributed by atoms with van der Waals surface area (Å²) in [6, 6.07) is 12.7. The van der Waals surface area contributed by atoms with Crippen LogP contribution in [0.1, 0.15) is 15.9 Å². The predicted octanol–water partition coefficient (Wildman–Crippen LogP) is 4.54. The lowest BCUT2D eigenvalue weighted by atomic mass is 10.0. The van der Waals surface area contributed by atoms with E-state index in [1.807, 2.05) is 30.5 Å². The van der Waals surface area contributed by atoms with Gasteiger partial charge in [-0.05, 0) is 35.9 Å². The summed E-state index contributed by atoms with van der Waals surface area (Å²) in [5.74, 6) is -1.09. The highest BCUT2D eigenvalue weighted by Gasteiger charge is 2.25. The summed E-state index contributed by atoms with van der Waals surface area (Å²) in [6.45, 7) is 0.625. The van der Waals surface area contributed by atoms with E-state index < -0.39 is 11.6 Å². The fraction of sp³-hybridized carbons (Fsp3) is 0.130. The third-order valence-corrected chi connectivity index (χ3v) is 5.23. The van der Waals surface area contributed by atoms with E-state index in [0.29, 0.717) is 17.9 Å². The second kappa shape index (κ2) is 7.26. The van der Waals surface area contributed by atoms with Crippen LogP contribution in [0.15, 0.2) is 60.9 Å². The van der Waals surface area contributed by atoms with Gasteiger partial charge in [-0.15, -0.1) is 0 Å². The van der Waals surface area contributed by atoms with E-state index in [0.717, 1.165) is 28.2 Å². The van der Waals surface area contributed by atoms with E-state index in [9.17, 15) is 13.6 Å². The number of amides is 1. The maximum atomic E-state index is 14.0. The first-order chi connectivity index (χ1) is 14.6. The number of pyridine rings is 1. The molecule has 0 atom stereocenters. The van der Waals surface area contributed by atoms with Crippen molar-refractivity contribution in [1.82, 2.24) is 14.9 Å². The Kier molecular flexibility index (Phi) is 4.43. The predicted molar refractivity (Wildman–Crippen MR) is 108 cm³/mol. The zero-order valence-corrected chi connectivity index (χ0v) is 15.9. The Hall–Kier alpha value is -3.74. The lowest BCUT2D eigenvalue weighted by Crippen LogP contribution is -2.32. The number of nitrogens with zero attached hydrogens (tertiary/aromatic N) is 2. The van der Waals surface area contributed by atoms with Crippen LogP contribution in [0.2, 0.25) is 0 Å². The van der Waals surface area contributed by atoms with Gasteiger partial charge in [0.2, 0.25) is 0 Å². The summed E-state index contributed by atoms with van der Waals surface area (Å²) in [5, 5.41) is 0.993. The minimum Gasteiger partial charge on any atom is -0.491 e. The Morgan fingerprint density at radius 2 is 1.97 bits per heavy atom. The molecule has 0 unspecified atom stereocenters. The summed E-state index contributed by atoms with van der Waals surface area (Å²) >= 11 is 0. The number of hydrogen-bond donors (Lipinski definition) is 1. The second-order valence-electron chi connectivity index (χ2n) is 7.16. The Labute approximate surface area is 170 Å². The van der Waals surface area contributed by atoms with Gasteiger partial charge in [-0.2, -0.15) is 0 Å². The lowest BCUT2D eigenvalue weighted by molar-refractivity contribution is 0.0741. The van der Waals surface area contributed by atoms with Crippen LogP contribution in [0.25, 0.3) is 22.2 Å². The van der Waals surface area contributed by atoms with Gasteiger partial charge in [0.25, 0.3) is 5.91 Å². The second-order valence-corrected chi connectivity index (χ2v) is 7.16. The Bertz CT molecular complexity index is 1270. The zero-order valence-electron chi connectivity index (χ0n) is 15.9. The number of benzene rings is 2. The average molecular weight is 405 g/mol. The number of carbonyl (C=O) groups excluding carboxylic acids is 1. The quantitative estimate of drug-likeness (QED) is 0.544. The van der Waals surface area contributed by atoms with Crippen molar-refractivity contribution >= 4 is 16.9 Å². The zero-order chi connectivity index (χ0) is 20.7. The molecular formula is C23H17F2N3O2. The van der Waals surface area contributed by atoms with Gasteiger partial charge in [0.1, 0.15) is 29.6 Å². The summed E-state index contributed by atoms with van der Waals surface area (Å²) in [6.07, 6.45) is 3.60. The Balaban J connectivity index is 1.45. The number of rotatable bonds is 3. The third-order valence-electron chi connectivity index (χ3n) is 5.23. The van der Waals surface area contributed by atoms with Gasteiger partial charge in [-0.1, -0.05) is 12.1 Å². The summed E-state index contributed by atoms with van der Waals surface area (Å²) in [4.78, 5) is 22.0. The van der Waals surface area contributed by atoms with Gasteiger partial charge >= 0.3 is 0 Å². The summed E-state index contributed by atoms with van der Waals surface area (Å²) in [5.41, 5.74) is 3.28. The molecule has 1 aliphatic rings. The molecule has 3 heterocycles. The van der Waals surface area contributed by atoms with E-state index in [1.165, 1.54) is 17.0 Å². The molecule has 5 rings (SSSR count). The van der Waals surface area contributed by atoms with Crippen molar-refractivity contribution in [3.63, 3.8) is 0 Å². The molecule has 0 fully saturated rings. The number of ether oxygens (including phenoxy) is 1. The molecule has 1 aliphatic heterocycles. The number of nitrogens with one attached hydrogen (secondary N) is 1. The van der Waals surface area contributed by atoms with Crippen molar-refractivity contribution in [1.29, 1.82) is 0 Å². The molecule has 4 aromatic rings. The van der Waals surface area contributed by atoms with Crippen molar-refractivity contribution in [2.24, 2.45) is 0 Å². The number of H-pyrrole nitrogens is 1. The van der Waals surface area contributed by atoms with Crippen LogP contribution in [0.4, 0.5) is 8.78 Å². The summed E-state index contributed by atoms with van der Waals surface area (Å²) in [7, 11) is 0. The van der Waals surface area contributed by atoms with Crippen LogP contribution in [0.5, 0.6) is 5.75 Å². The molecule has 0 saturated heterocycles. The fourth-order valence-corrected chi connectivity index (χ4v) is 3.64. The lowest BCUT2D eigenvalue weighted by Gasteiger charge is -2.20. The molecule has 30 heavy (non-hydrogen) atoms. The monoisotopic (exact) mass is 405 g/mol. The number of halogens is 2. The van der Waals surface area contributed by atoms with Crippen LogP contribution in [0.3, 0.4) is 0 Å². The number of aromatic amines is 1. The summed E-state index contributed by atoms with van der Waals surface area (Å²) < 4.78 is 33.0. The molecule has 1 N–H and O–H groups in total. The first kappa shape index (κ1) is 18.3. The molecule has 150 valence electrons. The van der Waals surface area contributed by atoms with Gasteiger partial charge in [0.05, 0.1) is 12.1 Å². The van der Waals surface area contributed by atoms with E-state index in [1.54, 1.807) is 12.3 Å². The maximum absolute atomic E-state index is 14.0. The highest BCUT2D eigenvalue weighted by atomic mass is 19.1. The first-order valence-corrected chi connectivity index (χ1v) is 9.52. The number of hydrogen-bond acceptors (Lipinski definition) is 3. The Morgan fingerprint density at radius 1 is 1.07 bits per heavy atom. The van der Waals surface area contributed by atoms with E-state index in [-0.39, 0.29) is 24.6 Å². The smallest absolute Gasteiger partial charge is 0.258 e. The number of fused-ring (bicyclic) bond motifs is 2. The van der Waals surface area contributed by atoms with Gasteiger partial charge in [-0.3, -0.25) is 4.79 Å². The van der Waals surface area contributed by atoms with E-state index >= 15 is 0 Å². The van der Waals surface area contributed by atoms with E-state index in [4.69, 9.17) is 4.74 Å². The molecule has 2 aromatic carbocycles. The van der Waals surface area contributed by atoms with Crippen molar-refractivity contribution in [3.8, 4) is 16.9 Å². The minimum absolute atomic E-state index is 0.0452. The highest BCUT2D eigenvalue weighted by molar-refractivity contribution is 5.98. The van der Waals surface area contributed by atoms with Crippen molar-refractivity contribution in [2.45, 2.75) is 6.54 Å². The van der Waals surface area contributed by atoms with Crippen molar-refractivity contribution < 1.29 is 18.3 Å². The number of carbonyl (C=O) groups is 1. The molecule has 2 aromatic heterocycles. The molecule has 0 aliphatic carbocycles. The molecule has 0 saturated carbocycles. The van der Waals surface area contributed by atoms with Crippen LogP contribution >= 0.6 is 0 Å². The van der Waals surface area contributed by atoms with E-state index in [2.05, 4.69) is 9.97 Å². The molecule has 0 bridgehead atoms. The van der Waals surface area contributed by atoms with Gasteiger partial charge in [0, 0.05) is 41.5 Å². The minimum atomic E-state index is -0.670. The normalized spacial score (nSPS) is 13.8. The fourth-order valence-electron chi connectivity index (χ4n) is 3.64. The highest BCUT2D eigenvalue weighted by Crippen LogP contribution is 2.31. The third kappa shape index (κ3) is 3.28. The van der Waals surface area contributed by atoms with Crippen LogP contribution in [0, 0.1) is 11.6 Å². The molecule has 0 spiro atoms. The van der Waals surface area contributed by atoms with Crippen molar-refractivity contribution in [3.05, 3.63) is 83.7 Å². The maximum Gasteiger partial charge on any atom is 0.258 e. The molecule has 1 amide bonds. The van der Waals surface area contributed by atoms with Gasteiger partial charge < -0.3 is 14.6 Å². The largest absolute Gasteiger partial charge is 0.491 e. The Morgan fingerprint density at radius 3 is 2.83 bits per heavy atom. The van der Waals surface area contributed by atoms with Crippen molar-refractivity contribution in [2.75, 3.05) is 13.2 Å². The topological polar surface area (TPSA) is 58.2 Å². The average Bonchev–Trinajstić information content (AvgIpc) is 3.16. The molecular weight excluding hydrogens is 388 g/mol. The molecule has 7 heteroatoms. The molecule has 0 radical (unpaired) electrons. The van der Waals surface area contributed by atoms with Gasteiger partial charge in [-0.25, -0.2) is 13.8 Å². The number of aromatic nitrogens is 2. The van der Waals surface area contributed by atoms with Crippen LogP contribution in [-0.4, -0.2) is 33.9 Å². The van der Waals surface area contributed by atoms with Crippen LogP contribution in [-0.2, 0) is 6.54 Å².